The lowest BCUT2D eigenvalue weighted by molar-refractivity contribution is 0.0938. The Balaban J connectivity index is 1.61. The summed E-state index contributed by atoms with van der Waals surface area (Å²) in [6, 6.07) is 11.0. The fourth-order valence-electron chi connectivity index (χ4n) is 2.96. The van der Waals surface area contributed by atoms with Gasteiger partial charge in [-0.1, -0.05) is 6.07 Å². The van der Waals surface area contributed by atoms with Crippen LogP contribution in [-0.2, 0) is 7.05 Å². The molecule has 0 aliphatic rings. The van der Waals surface area contributed by atoms with Gasteiger partial charge in [-0.2, -0.15) is 0 Å². The minimum Gasteiger partial charge on any atom is -0.342 e. The Morgan fingerprint density at radius 2 is 2.04 bits per heavy atom. The molecule has 3 aromatic heterocycles. The first kappa shape index (κ1) is 15.3. The zero-order valence-corrected chi connectivity index (χ0v) is 14.3. The van der Waals surface area contributed by atoms with Gasteiger partial charge in [0.05, 0.1) is 17.1 Å². The maximum atomic E-state index is 12.6. The molecule has 4 rings (SSSR count). The number of aromatic nitrogens is 5. The Morgan fingerprint density at radius 1 is 1.20 bits per heavy atom. The molecule has 0 unspecified atom stereocenters. The molecule has 1 aromatic carbocycles. The number of nitrogens with one attached hydrogen (secondary N) is 1. The minimum atomic E-state index is -0.272. The summed E-state index contributed by atoms with van der Waals surface area (Å²) in [4.78, 5) is 17.1. The van der Waals surface area contributed by atoms with Crippen LogP contribution in [0, 0.1) is 6.92 Å². The van der Waals surface area contributed by atoms with E-state index in [1.165, 1.54) is 0 Å². The third-order valence-electron chi connectivity index (χ3n) is 4.44. The fourth-order valence-corrected chi connectivity index (χ4v) is 2.96. The molecule has 0 spiro atoms. The number of pyridine rings is 1. The molecule has 0 radical (unpaired) electrons. The molecule has 0 saturated heterocycles. The third-order valence-corrected chi connectivity index (χ3v) is 4.44. The van der Waals surface area contributed by atoms with Gasteiger partial charge in [0, 0.05) is 18.8 Å². The summed E-state index contributed by atoms with van der Waals surface area (Å²) in [6.45, 7) is 3.84. The molecule has 126 valence electrons. The predicted octanol–water partition coefficient (Wildman–Crippen LogP) is 2.42. The number of amides is 1. The van der Waals surface area contributed by atoms with Gasteiger partial charge in [-0.15, -0.1) is 10.2 Å². The normalized spacial score (nSPS) is 12.6. The van der Waals surface area contributed by atoms with Crippen LogP contribution >= 0.6 is 0 Å². The average Bonchev–Trinajstić information content (AvgIpc) is 3.16. The summed E-state index contributed by atoms with van der Waals surface area (Å²) in [7, 11) is 1.96. The molecular formula is C18H18N6O. The fraction of sp³-hybridized carbons (Fsp3) is 0.222. The van der Waals surface area contributed by atoms with Gasteiger partial charge in [0.2, 0.25) is 0 Å². The zero-order valence-electron chi connectivity index (χ0n) is 14.3. The Labute approximate surface area is 144 Å². The summed E-state index contributed by atoms with van der Waals surface area (Å²) in [5, 5.41) is 11.3. The summed E-state index contributed by atoms with van der Waals surface area (Å²) in [6.07, 6.45) is 1.88. The monoisotopic (exact) mass is 334 g/mol. The molecule has 0 aliphatic heterocycles. The maximum absolute atomic E-state index is 12.6. The molecule has 0 bridgehead atoms. The van der Waals surface area contributed by atoms with E-state index in [0.717, 1.165) is 22.5 Å². The van der Waals surface area contributed by atoms with Crippen molar-refractivity contribution in [1.82, 2.24) is 29.5 Å². The number of nitrogens with zero attached hydrogens (tertiary/aromatic N) is 5. The highest BCUT2D eigenvalue weighted by molar-refractivity contribution is 5.97. The van der Waals surface area contributed by atoms with Crippen LogP contribution in [0.3, 0.4) is 0 Å². The zero-order chi connectivity index (χ0) is 17.6. The summed E-state index contributed by atoms with van der Waals surface area (Å²) in [5.41, 5.74) is 3.15. The van der Waals surface area contributed by atoms with Crippen LogP contribution in [0.5, 0.6) is 0 Å². The molecule has 1 amide bonds. The van der Waals surface area contributed by atoms with E-state index in [1.807, 2.05) is 72.5 Å². The van der Waals surface area contributed by atoms with E-state index < -0.39 is 0 Å². The number of benzene rings is 1. The number of aryl methyl sites for hydroxylation is 2. The molecule has 0 aliphatic carbocycles. The lowest BCUT2D eigenvalue weighted by Crippen LogP contribution is -2.28. The van der Waals surface area contributed by atoms with E-state index in [4.69, 9.17) is 0 Å². The van der Waals surface area contributed by atoms with Crippen molar-refractivity contribution in [3.8, 4) is 0 Å². The average molecular weight is 334 g/mol. The smallest absolute Gasteiger partial charge is 0.251 e. The maximum Gasteiger partial charge on any atom is 0.251 e. The van der Waals surface area contributed by atoms with Gasteiger partial charge < -0.3 is 9.88 Å². The van der Waals surface area contributed by atoms with Crippen molar-refractivity contribution in [2.75, 3.05) is 0 Å². The van der Waals surface area contributed by atoms with Gasteiger partial charge >= 0.3 is 0 Å². The van der Waals surface area contributed by atoms with Crippen LogP contribution in [0.25, 0.3) is 16.7 Å². The lowest BCUT2D eigenvalue weighted by Gasteiger charge is -2.12. The number of fused-ring (bicyclic) bond motifs is 2. The molecule has 0 saturated carbocycles. The van der Waals surface area contributed by atoms with E-state index in [0.29, 0.717) is 11.4 Å². The first-order valence-electron chi connectivity index (χ1n) is 8.08. The Morgan fingerprint density at radius 3 is 2.88 bits per heavy atom. The van der Waals surface area contributed by atoms with E-state index in [9.17, 15) is 4.79 Å². The minimum absolute atomic E-state index is 0.162. The van der Waals surface area contributed by atoms with Crippen LogP contribution in [-0.4, -0.2) is 30.1 Å². The van der Waals surface area contributed by atoms with Crippen molar-refractivity contribution in [3.05, 3.63) is 59.8 Å². The summed E-state index contributed by atoms with van der Waals surface area (Å²) < 4.78 is 3.87. The van der Waals surface area contributed by atoms with Gasteiger partial charge in [-0.3, -0.25) is 9.20 Å². The summed E-state index contributed by atoms with van der Waals surface area (Å²) >= 11 is 0. The molecule has 3 heterocycles. The Kier molecular flexibility index (Phi) is 3.49. The molecule has 4 aromatic rings. The number of rotatable bonds is 3. The van der Waals surface area contributed by atoms with Gasteiger partial charge in [0.15, 0.2) is 11.5 Å². The highest BCUT2D eigenvalue weighted by atomic mass is 16.1. The number of carbonyl (C=O) groups is 1. The molecule has 7 nitrogen and oxygen atoms in total. The Bertz CT molecular complexity index is 1090. The second kappa shape index (κ2) is 5.70. The second-order valence-electron chi connectivity index (χ2n) is 6.10. The molecule has 7 heteroatoms. The standard InChI is InChI=1S/C18H18N6O/c1-11(17-22-21-16-6-4-5-9-24(16)17)19-18(25)13-7-8-15-14(10-13)20-12(2)23(15)3/h4-11H,1-3H3,(H,19,25)/t11-/m1/s1. The van der Waals surface area contributed by atoms with E-state index in [2.05, 4.69) is 20.5 Å². The van der Waals surface area contributed by atoms with Crippen LogP contribution in [0.1, 0.15) is 35.0 Å². The predicted molar refractivity (Wildman–Crippen MR) is 94.3 cm³/mol. The van der Waals surface area contributed by atoms with Gasteiger partial charge in [-0.25, -0.2) is 4.98 Å². The van der Waals surface area contributed by atoms with E-state index in [1.54, 1.807) is 0 Å². The molecule has 25 heavy (non-hydrogen) atoms. The van der Waals surface area contributed by atoms with E-state index in [-0.39, 0.29) is 11.9 Å². The molecule has 1 N–H and O–H groups in total. The van der Waals surface area contributed by atoms with Crippen molar-refractivity contribution in [2.45, 2.75) is 19.9 Å². The first-order chi connectivity index (χ1) is 12.0. The van der Waals surface area contributed by atoms with Crippen LogP contribution < -0.4 is 5.32 Å². The first-order valence-corrected chi connectivity index (χ1v) is 8.08. The third kappa shape index (κ3) is 2.53. The van der Waals surface area contributed by atoms with Crippen molar-refractivity contribution >= 4 is 22.6 Å². The number of carbonyl (C=O) groups excluding carboxylic acids is 1. The topological polar surface area (TPSA) is 77.1 Å². The van der Waals surface area contributed by atoms with Gasteiger partial charge in [0.1, 0.15) is 5.82 Å². The highest BCUT2D eigenvalue weighted by Gasteiger charge is 2.17. The van der Waals surface area contributed by atoms with Crippen LogP contribution in [0.2, 0.25) is 0 Å². The second-order valence-corrected chi connectivity index (χ2v) is 6.10. The van der Waals surface area contributed by atoms with Crippen molar-refractivity contribution in [3.63, 3.8) is 0 Å². The van der Waals surface area contributed by atoms with Gasteiger partial charge in [-0.05, 0) is 44.2 Å². The van der Waals surface area contributed by atoms with Crippen molar-refractivity contribution < 1.29 is 4.79 Å². The summed E-state index contributed by atoms with van der Waals surface area (Å²) in [5.74, 6) is 1.44. The number of hydrogen-bond donors (Lipinski definition) is 1. The molecule has 1 atom stereocenters. The molecule has 0 fully saturated rings. The lowest BCUT2D eigenvalue weighted by atomic mass is 10.1. The van der Waals surface area contributed by atoms with Crippen molar-refractivity contribution in [1.29, 1.82) is 0 Å². The van der Waals surface area contributed by atoms with E-state index >= 15 is 0 Å². The number of hydrogen-bond acceptors (Lipinski definition) is 4. The van der Waals surface area contributed by atoms with Gasteiger partial charge in [0.25, 0.3) is 5.91 Å². The van der Waals surface area contributed by atoms with Crippen LogP contribution in [0.4, 0.5) is 0 Å². The molecular weight excluding hydrogens is 316 g/mol. The quantitative estimate of drug-likeness (QED) is 0.624. The Hall–Kier alpha value is -3.22. The van der Waals surface area contributed by atoms with Crippen molar-refractivity contribution in [2.24, 2.45) is 7.05 Å². The van der Waals surface area contributed by atoms with Crippen LogP contribution in [0.15, 0.2) is 42.6 Å². The number of imidazole rings is 1. The largest absolute Gasteiger partial charge is 0.342 e. The highest BCUT2D eigenvalue weighted by Crippen LogP contribution is 2.18. The SMILES string of the molecule is Cc1nc2cc(C(=O)N[C@H](C)c3nnc4ccccn34)ccc2n1C.